The SMILES string of the molecule is CCCn1c(NC(=O)c2nc3nccc(C)n3n2)nc2ccccc21. The lowest BCUT2D eigenvalue weighted by atomic mass is 10.3. The first-order valence-corrected chi connectivity index (χ1v) is 8.12. The molecule has 3 aromatic heterocycles. The zero-order chi connectivity index (χ0) is 17.4. The lowest BCUT2D eigenvalue weighted by Crippen LogP contribution is -2.17. The molecule has 0 unspecified atom stereocenters. The molecule has 4 aromatic rings. The minimum Gasteiger partial charge on any atom is -0.310 e. The Kier molecular flexibility index (Phi) is 3.64. The summed E-state index contributed by atoms with van der Waals surface area (Å²) >= 11 is 0. The largest absolute Gasteiger partial charge is 0.310 e. The molecule has 0 aliphatic carbocycles. The zero-order valence-corrected chi connectivity index (χ0v) is 14.0. The number of nitrogens with one attached hydrogen (secondary N) is 1. The van der Waals surface area contributed by atoms with Gasteiger partial charge in [-0.3, -0.25) is 10.1 Å². The summed E-state index contributed by atoms with van der Waals surface area (Å²) < 4.78 is 3.54. The van der Waals surface area contributed by atoms with Crippen LogP contribution < -0.4 is 5.32 Å². The fraction of sp³-hybridized carbons (Fsp3) is 0.235. The van der Waals surface area contributed by atoms with Gasteiger partial charge in [-0.25, -0.2) is 14.5 Å². The Morgan fingerprint density at radius 2 is 2.04 bits per heavy atom. The zero-order valence-electron chi connectivity index (χ0n) is 14.0. The highest BCUT2D eigenvalue weighted by molar-refractivity contribution is 6.01. The molecule has 4 rings (SSSR count). The number of amides is 1. The van der Waals surface area contributed by atoms with E-state index in [2.05, 4.69) is 32.3 Å². The minimum absolute atomic E-state index is 0.0666. The molecule has 0 bridgehead atoms. The van der Waals surface area contributed by atoms with E-state index in [1.165, 1.54) is 0 Å². The minimum atomic E-state index is -0.405. The number of para-hydroxylation sites is 2. The Bertz CT molecular complexity index is 1080. The average Bonchev–Trinajstić information content (AvgIpc) is 3.19. The highest BCUT2D eigenvalue weighted by Gasteiger charge is 2.18. The number of fused-ring (bicyclic) bond motifs is 2. The van der Waals surface area contributed by atoms with Crippen LogP contribution in [-0.2, 0) is 6.54 Å². The Morgan fingerprint density at radius 1 is 1.20 bits per heavy atom. The van der Waals surface area contributed by atoms with Gasteiger partial charge in [0.25, 0.3) is 11.7 Å². The van der Waals surface area contributed by atoms with Crippen molar-refractivity contribution in [3.8, 4) is 0 Å². The van der Waals surface area contributed by atoms with E-state index < -0.39 is 5.91 Å². The molecule has 8 nitrogen and oxygen atoms in total. The number of carbonyl (C=O) groups excluding carboxylic acids is 1. The van der Waals surface area contributed by atoms with Crippen LogP contribution in [0.15, 0.2) is 36.5 Å². The molecule has 3 heterocycles. The molecule has 0 saturated heterocycles. The standard InChI is InChI=1S/C17H17N7O/c1-3-10-23-13-7-5-4-6-12(13)19-17(23)21-15(25)14-20-16-18-9-8-11(2)24(16)22-14/h4-9H,3,10H2,1-2H3,(H,19,21,25). The maximum absolute atomic E-state index is 12.6. The van der Waals surface area contributed by atoms with E-state index in [0.29, 0.717) is 11.7 Å². The van der Waals surface area contributed by atoms with E-state index in [-0.39, 0.29) is 5.82 Å². The molecule has 0 saturated carbocycles. The molecular weight excluding hydrogens is 318 g/mol. The number of aryl methyl sites for hydroxylation is 2. The Balaban J connectivity index is 1.71. The van der Waals surface area contributed by atoms with Crippen LogP contribution in [0.3, 0.4) is 0 Å². The molecule has 1 N–H and O–H groups in total. The predicted octanol–water partition coefficient (Wildman–Crippen LogP) is 2.44. The molecule has 0 fully saturated rings. The summed E-state index contributed by atoms with van der Waals surface area (Å²) in [4.78, 5) is 25.4. The number of carbonyl (C=O) groups is 1. The Hall–Kier alpha value is -3.29. The maximum atomic E-state index is 12.6. The number of hydrogen-bond acceptors (Lipinski definition) is 5. The molecule has 126 valence electrons. The second kappa shape index (κ2) is 5.97. The summed E-state index contributed by atoms with van der Waals surface area (Å²) in [5.74, 6) is 0.554. The number of imidazole rings is 1. The summed E-state index contributed by atoms with van der Waals surface area (Å²) in [7, 11) is 0. The molecule has 0 aliphatic rings. The average molecular weight is 335 g/mol. The first-order chi connectivity index (χ1) is 12.2. The fourth-order valence-corrected chi connectivity index (χ4v) is 2.78. The van der Waals surface area contributed by atoms with Gasteiger partial charge in [0, 0.05) is 18.4 Å². The van der Waals surface area contributed by atoms with Crippen LogP contribution in [0, 0.1) is 6.92 Å². The Morgan fingerprint density at radius 3 is 2.84 bits per heavy atom. The van der Waals surface area contributed by atoms with Gasteiger partial charge >= 0.3 is 0 Å². The highest BCUT2D eigenvalue weighted by atomic mass is 16.2. The van der Waals surface area contributed by atoms with Crippen LogP contribution in [0.2, 0.25) is 0 Å². The lowest BCUT2D eigenvalue weighted by molar-refractivity contribution is 0.101. The van der Waals surface area contributed by atoms with Crippen LogP contribution in [0.5, 0.6) is 0 Å². The maximum Gasteiger partial charge on any atom is 0.297 e. The van der Waals surface area contributed by atoms with Gasteiger partial charge in [-0.15, -0.1) is 5.10 Å². The third-order valence-electron chi connectivity index (χ3n) is 3.96. The Labute approximate surface area is 143 Å². The van der Waals surface area contributed by atoms with E-state index in [1.807, 2.05) is 41.8 Å². The molecule has 1 amide bonds. The third kappa shape index (κ3) is 2.61. The molecule has 0 radical (unpaired) electrons. The van der Waals surface area contributed by atoms with E-state index in [0.717, 1.165) is 29.7 Å². The second-order valence-corrected chi connectivity index (χ2v) is 5.76. The van der Waals surface area contributed by atoms with E-state index >= 15 is 0 Å². The summed E-state index contributed by atoms with van der Waals surface area (Å²) in [5, 5.41) is 7.06. The van der Waals surface area contributed by atoms with Crippen LogP contribution >= 0.6 is 0 Å². The van der Waals surface area contributed by atoms with Crippen molar-refractivity contribution >= 4 is 28.7 Å². The molecular formula is C17H17N7O. The first-order valence-electron chi connectivity index (χ1n) is 8.12. The number of rotatable bonds is 4. The number of hydrogen-bond donors (Lipinski definition) is 1. The molecule has 0 aliphatic heterocycles. The van der Waals surface area contributed by atoms with Crippen molar-refractivity contribution in [3.63, 3.8) is 0 Å². The van der Waals surface area contributed by atoms with Crippen molar-refractivity contribution in [1.82, 2.24) is 29.1 Å². The quantitative estimate of drug-likeness (QED) is 0.618. The number of nitrogens with zero attached hydrogens (tertiary/aromatic N) is 6. The van der Waals surface area contributed by atoms with Crippen molar-refractivity contribution < 1.29 is 4.79 Å². The lowest BCUT2D eigenvalue weighted by Gasteiger charge is -2.07. The van der Waals surface area contributed by atoms with Crippen molar-refractivity contribution in [2.75, 3.05) is 5.32 Å². The van der Waals surface area contributed by atoms with Gasteiger partial charge in [0.2, 0.25) is 11.8 Å². The first kappa shape index (κ1) is 15.3. The monoisotopic (exact) mass is 335 g/mol. The summed E-state index contributed by atoms with van der Waals surface area (Å²) in [5.41, 5.74) is 2.68. The number of benzene rings is 1. The van der Waals surface area contributed by atoms with Gasteiger partial charge in [-0.1, -0.05) is 19.1 Å². The van der Waals surface area contributed by atoms with Gasteiger partial charge in [-0.2, -0.15) is 4.98 Å². The van der Waals surface area contributed by atoms with Crippen LogP contribution in [0.25, 0.3) is 16.8 Å². The van der Waals surface area contributed by atoms with E-state index in [4.69, 9.17) is 0 Å². The van der Waals surface area contributed by atoms with Crippen LogP contribution in [0.4, 0.5) is 5.95 Å². The van der Waals surface area contributed by atoms with Crippen molar-refractivity contribution in [1.29, 1.82) is 0 Å². The molecule has 8 heteroatoms. The van der Waals surface area contributed by atoms with Crippen molar-refractivity contribution in [2.45, 2.75) is 26.8 Å². The van der Waals surface area contributed by atoms with Crippen LogP contribution in [-0.4, -0.2) is 35.0 Å². The van der Waals surface area contributed by atoms with E-state index in [9.17, 15) is 4.79 Å². The van der Waals surface area contributed by atoms with Gasteiger partial charge in [0.15, 0.2) is 0 Å². The molecule has 0 spiro atoms. The normalized spacial score (nSPS) is 11.3. The second-order valence-electron chi connectivity index (χ2n) is 5.76. The van der Waals surface area contributed by atoms with Gasteiger partial charge in [0.05, 0.1) is 11.0 Å². The van der Waals surface area contributed by atoms with Crippen LogP contribution in [0.1, 0.15) is 29.7 Å². The predicted molar refractivity (Wildman–Crippen MR) is 93.5 cm³/mol. The van der Waals surface area contributed by atoms with Gasteiger partial charge < -0.3 is 4.57 Å². The number of aromatic nitrogens is 6. The van der Waals surface area contributed by atoms with Gasteiger partial charge in [0.1, 0.15) is 0 Å². The van der Waals surface area contributed by atoms with Gasteiger partial charge in [-0.05, 0) is 31.5 Å². The fourth-order valence-electron chi connectivity index (χ4n) is 2.78. The summed E-state index contributed by atoms with van der Waals surface area (Å²) in [6.07, 6.45) is 2.57. The van der Waals surface area contributed by atoms with Crippen molar-refractivity contribution in [3.05, 3.63) is 48.0 Å². The molecule has 1 aromatic carbocycles. The summed E-state index contributed by atoms with van der Waals surface area (Å²) in [6.45, 7) is 4.72. The third-order valence-corrected chi connectivity index (χ3v) is 3.96. The smallest absolute Gasteiger partial charge is 0.297 e. The molecule has 0 atom stereocenters. The van der Waals surface area contributed by atoms with Crippen molar-refractivity contribution in [2.24, 2.45) is 0 Å². The topological polar surface area (TPSA) is 90.0 Å². The van der Waals surface area contributed by atoms with E-state index in [1.54, 1.807) is 10.7 Å². The molecule has 25 heavy (non-hydrogen) atoms. The summed E-state index contributed by atoms with van der Waals surface area (Å²) in [6, 6.07) is 9.61. The highest BCUT2D eigenvalue weighted by Crippen LogP contribution is 2.20. The number of anilines is 1.